The minimum atomic E-state index is -1.43. The number of esters is 1. The number of hydrogen-bond donors (Lipinski definition) is 2. The van der Waals surface area contributed by atoms with Gasteiger partial charge in [0.05, 0.1) is 23.5 Å². The van der Waals surface area contributed by atoms with Crippen molar-refractivity contribution < 1.29 is 33.6 Å². The number of aliphatic hydroxyl groups excluding tert-OH is 1. The van der Waals surface area contributed by atoms with Gasteiger partial charge >= 0.3 is 5.97 Å². The Morgan fingerprint density at radius 1 is 1.13 bits per heavy atom. The molecule has 0 radical (unpaired) electrons. The van der Waals surface area contributed by atoms with Gasteiger partial charge in [0.25, 0.3) is 0 Å². The fraction of sp³-hybridized carbons (Fsp3) is 0.818. The van der Waals surface area contributed by atoms with Crippen LogP contribution in [0.1, 0.15) is 60.1 Å². The first-order valence-corrected chi connectivity index (χ1v) is 16.3. The first-order chi connectivity index (χ1) is 21.2. The lowest BCUT2D eigenvalue weighted by molar-refractivity contribution is -0.290. The van der Waals surface area contributed by atoms with Gasteiger partial charge in [0.2, 0.25) is 0 Å². The molecule has 4 rings (SSSR count). The molecule has 9 atom stereocenters. The summed E-state index contributed by atoms with van der Waals surface area (Å²) in [5.74, 6) is -1.21. The smallest absolute Gasteiger partial charge is 0.319 e. The number of ketones is 1. The lowest BCUT2D eigenvalue weighted by Crippen LogP contribution is -2.59. The zero-order chi connectivity index (χ0) is 33.1. The third-order valence-electron chi connectivity index (χ3n) is 10.2. The lowest BCUT2D eigenvalue weighted by Gasteiger charge is -2.47. The first-order valence-electron chi connectivity index (χ1n) is 16.3. The van der Waals surface area contributed by atoms with Crippen LogP contribution in [0.15, 0.2) is 18.6 Å². The maximum atomic E-state index is 14.2. The van der Waals surface area contributed by atoms with Gasteiger partial charge in [-0.05, 0) is 60.5 Å². The largest absolute Gasteiger partial charge is 0.463 e. The standard InChI is InChI=1S/C33H55N5O7/c1-20-13-33(6,42-9)29(45-30-27(39)25(34-7)12-21(2)44-30)22(3)28(40)32(4,5)31(41)43-19-26(37(8)15-20)23-16-38(17-23)18-24-14-35-10-11-36-24/h10-11,14,20-23,25-27,29-30,34,39H,12-13,15-19H2,1-9H3/t20-,21?,22+,25+,26?,27-,29-,30?,33-/m1/s1. The molecule has 0 aliphatic carbocycles. The van der Waals surface area contributed by atoms with Crippen LogP contribution in [0.2, 0.25) is 0 Å². The van der Waals surface area contributed by atoms with E-state index in [-0.39, 0.29) is 42.4 Å². The lowest BCUT2D eigenvalue weighted by atomic mass is 9.74. The summed E-state index contributed by atoms with van der Waals surface area (Å²) >= 11 is 0. The maximum Gasteiger partial charge on any atom is 0.319 e. The van der Waals surface area contributed by atoms with Gasteiger partial charge in [-0.2, -0.15) is 0 Å². The van der Waals surface area contributed by atoms with E-state index in [1.807, 2.05) is 13.8 Å². The summed E-state index contributed by atoms with van der Waals surface area (Å²) in [6.07, 6.45) is 3.47. The highest BCUT2D eigenvalue weighted by Gasteiger charge is 2.51. The molecule has 3 unspecified atom stereocenters. The molecular formula is C33H55N5O7. The second-order valence-electron chi connectivity index (χ2n) is 14.4. The zero-order valence-corrected chi connectivity index (χ0v) is 28.6. The monoisotopic (exact) mass is 633 g/mol. The van der Waals surface area contributed by atoms with Gasteiger partial charge < -0.3 is 29.4 Å². The number of Topliss-reactive ketones (excluding diaryl/α,β-unsaturated/α-hetero) is 1. The van der Waals surface area contributed by atoms with Gasteiger partial charge in [0, 0.05) is 75.8 Å². The van der Waals surface area contributed by atoms with Crippen LogP contribution in [0.25, 0.3) is 0 Å². The Balaban J connectivity index is 1.58. The van der Waals surface area contributed by atoms with Gasteiger partial charge in [0.1, 0.15) is 18.1 Å². The van der Waals surface area contributed by atoms with E-state index in [4.69, 9.17) is 18.9 Å². The number of aromatic nitrogens is 2. The number of likely N-dealkylation sites (tertiary alicyclic amines) is 1. The predicted octanol–water partition coefficient (Wildman–Crippen LogP) is 1.90. The highest BCUT2D eigenvalue weighted by molar-refractivity contribution is 6.04. The number of likely N-dealkylation sites (N-methyl/N-ethyl adjacent to an activating group) is 2. The number of nitrogens with one attached hydrogen (secondary N) is 1. The summed E-state index contributed by atoms with van der Waals surface area (Å²) in [5, 5.41) is 14.3. The van der Waals surface area contributed by atoms with E-state index in [1.54, 1.807) is 53.5 Å². The number of rotatable bonds is 7. The second kappa shape index (κ2) is 14.8. The van der Waals surface area contributed by atoms with E-state index in [2.05, 4.69) is 39.1 Å². The normalized spacial score (nSPS) is 38.0. The molecule has 0 saturated carbocycles. The van der Waals surface area contributed by atoms with Gasteiger partial charge in [-0.25, -0.2) is 0 Å². The SMILES string of the molecule is CN[C@H]1CC(C)OC(O[C@@H]2[C@@H](C)C(=O)C(C)(C)C(=O)OCC(C3CN(Cc4cnccn4)C3)N(C)C[C@H](C)C[C@@]2(C)OC)[C@@H]1O. The van der Waals surface area contributed by atoms with Crippen molar-refractivity contribution in [3.8, 4) is 0 Å². The van der Waals surface area contributed by atoms with Crippen molar-refractivity contribution in [1.29, 1.82) is 0 Å². The van der Waals surface area contributed by atoms with Crippen molar-refractivity contribution in [3.05, 3.63) is 24.3 Å². The Kier molecular flexibility index (Phi) is 11.8. The van der Waals surface area contributed by atoms with E-state index in [0.29, 0.717) is 12.8 Å². The molecule has 0 bridgehead atoms. The number of methoxy groups -OCH3 is 1. The molecule has 1 aromatic heterocycles. The molecule has 3 aliphatic heterocycles. The van der Waals surface area contributed by atoms with Gasteiger partial charge in [-0.1, -0.05) is 13.8 Å². The minimum absolute atomic E-state index is 0.0230. The van der Waals surface area contributed by atoms with Crippen LogP contribution in [-0.2, 0) is 35.1 Å². The Labute approximate surface area is 268 Å². The van der Waals surface area contributed by atoms with Gasteiger partial charge in [-0.15, -0.1) is 0 Å². The molecule has 45 heavy (non-hydrogen) atoms. The van der Waals surface area contributed by atoms with E-state index in [9.17, 15) is 14.7 Å². The van der Waals surface area contributed by atoms with E-state index in [0.717, 1.165) is 31.9 Å². The molecule has 2 N–H and O–H groups in total. The average molecular weight is 634 g/mol. The van der Waals surface area contributed by atoms with Crippen LogP contribution in [0.3, 0.4) is 0 Å². The van der Waals surface area contributed by atoms with Gasteiger partial charge in [-0.3, -0.25) is 29.4 Å². The minimum Gasteiger partial charge on any atom is -0.463 e. The molecule has 3 fully saturated rings. The summed E-state index contributed by atoms with van der Waals surface area (Å²) < 4.78 is 24.8. The zero-order valence-electron chi connectivity index (χ0n) is 28.6. The van der Waals surface area contributed by atoms with Crippen molar-refractivity contribution in [2.75, 3.05) is 47.4 Å². The molecule has 0 spiro atoms. The highest BCUT2D eigenvalue weighted by atomic mass is 16.7. The molecule has 12 nitrogen and oxygen atoms in total. The number of cyclic esters (lactones) is 1. The third kappa shape index (κ3) is 8.09. The van der Waals surface area contributed by atoms with Crippen LogP contribution in [-0.4, -0.2) is 126 Å². The maximum absolute atomic E-state index is 14.2. The van der Waals surface area contributed by atoms with Crippen molar-refractivity contribution in [2.45, 2.75) is 103 Å². The summed E-state index contributed by atoms with van der Waals surface area (Å²) in [5.41, 5.74) is -1.43. The Morgan fingerprint density at radius 2 is 1.84 bits per heavy atom. The van der Waals surface area contributed by atoms with E-state index >= 15 is 0 Å². The average Bonchev–Trinajstić information content (AvgIpc) is 2.98. The van der Waals surface area contributed by atoms with E-state index < -0.39 is 41.4 Å². The topological polar surface area (TPSA) is 136 Å². The molecule has 12 heteroatoms. The first kappa shape index (κ1) is 35.8. The van der Waals surface area contributed by atoms with Crippen molar-refractivity contribution in [3.63, 3.8) is 0 Å². The molecule has 0 amide bonds. The highest BCUT2D eigenvalue weighted by Crippen LogP contribution is 2.38. The number of aliphatic hydroxyl groups is 1. The van der Waals surface area contributed by atoms with Crippen molar-refractivity contribution in [1.82, 2.24) is 25.1 Å². The van der Waals surface area contributed by atoms with Crippen LogP contribution in [0.5, 0.6) is 0 Å². The second-order valence-corrected chi connectivity index (χ2v) is 14.4. The van der Waals surface area contributed by atoms with E-state index in [1.165, 1.54) is 0 Å². The van der Waals surface area contributed by atoms with Crippen LogP contribution < -0.4 is 5.32 Å². The fourth-order valence-corrected chi connectivity index (χ4v) is 7.48. The Morgan fingerprint density at radius 3 is 2.47 bits per heavy atom. The van der Waals surface area contributed by atoms with Crippen LogP contribution in [0.4, 0.5) is 0 Å². The van der Waals surface area contributed by atoms with Gasteiger partial charge in [0.15, 0.2) is 12.1 Å². The molecule has 0 aromatic carbocycles. The third-order valence-corrected chi connectivity index (χ3v) is 10.2. The number of nitrogens with zero attached hydrogens (tertiary/aromatic N) is 4. The van der Waals surface area contributed by atoms with Crippen LogP contribution >= 0.6 is 0 Å². The Hall–Kier alpha value is -2.06. The summed E-state index contributed by atoms with van der Waals surface area (Å²) in [6, 6.07) is -0.252. The quantitative estimate of drug-likeness (QED) is 0.335. The summed E-state index contributed by atoms with van der Waals surface area (Å²) in [4.78, 5) is 40.9. The summed E-state index contributed by atoms with van der Waals surface area (Å²) in [7, 11) is 5.50. The number of carbonyl (C=O) groups excluding carboxylic acids is 2. The number of ether oxygens (including phenoxy) is 4. The molecule has 3 saturated heterocycles. The van der Waals surface area contributed by atoms with Crippen molar-refractivity contribution >= 4 is 11.8 Å². The number of hydrogen-bond acceptors (Lipinski definition) is 12. The molecule has 254 valence electrons. The Bertz CT molecular complexity index is 1140. The fourth-order valence-electron chi connectivity index (χ4n) is 7.48. The predicted molar refractivity (Wildman–Crippen MR) is 168 cm³/mol. The molecular weight excluding hydrogens is 578 g/mol. The molecule has 4 heterocycles. The van der Waals surface area contributed by atoms with Crippen LogP contribution in [0, 0.1) is 23.2 Å². The molecule has 1 aromatic rings. The van der Waals surface area contributed by atoms with Crippen molar-refractivity contribution in [2.24, 2.45) is 23.2 Å². The number of carbonyl (C=O) groups is 2. The summed E-state index contributed by atoms with van der Waals surface area (Å²) in [6.45, 7) is 14.4. The molecule has 3 aliphatic rings.